The maximum Gasteiger partial charge on any atom is 0.135 e. The molecule has 11 aromatic carbocycles. The molecule has 1 heterocycles. The summed E-state index contributed by atoms with van der Waals surface area (Å²) < 4.78 is 6.57. The minimum absolute atomic E-state index is 0.894. The maximum absolute atomic E-state index is 6.57. The summed E-state index contributed by atoms with van der Waals surface area (Å²) >= 11 is 0. The molecule has 0 atom stereocenters. The van der Waals surface area contributed by atoms with Crippen molar-refractivity contribution < 1.29 is 4.74 Å². The third-order valence-corrected chi connectivity index (χ3v) is 13.0. The van der Waals surface area contributed by atoms with Crippen LogP contribution in [-0.4, -0.2) is 0 Å². The van der Waals surface area contributed by atoms with Gasteiger partial charge < -0.3 is 4.74 Å². The fraction of sp³-hybridized carbons (Fsp3) is 0. The number of hydrogen-bond donors (Lipinski definition) is 0. The molecule has 1 nitrogen and oxygen atoms in total. The maximum atomic E-state index is 6.57. The topological polar surface area (TPSA) is 9.23 Å². The molecule has 0 saturated heterocycles. The van der Waals surface area contributed by atoms with Crippen LogP contribution in [0.25, 0.3) is 121 Å². The second kappa shape index (κ2) is 13.3. The van der Waals surface area contributed by atoms with E-state index in [4.69, 9.17) is 4.74 Å². The van der Waals surface area contributed by atoms with Crippen molar-refractivity contribution in [1.82, 2.24) is 0 Å². The molecule has 0 bridgehead atoms. The van der Waals surface area contributed by atoms with Gasteiger partial charge >= 0.3 is 0 Å². The molecule has 13 rings (SSSR count). The largest absolute Gasteiger partial charge is 0.456 e. The Balaban J connectivity index is 0.932. The van der Waals surface area contributed by atoms with Gasteiger partial charge in [0.05, 0.1) is 0 Å². The van der Waals surface area contributed by atoms with Crippen molar-refractivity contribution in [2.24, 2.45) is 0 Å². The van der Waals surface area contributed by atoms with E-state index in [0.29, 0.717) is 0 Å². The first-order valence-corrected chi connectivity index (χ1v) is 21.1. The van der Waals surface area contributed by atoms with E-state index in [1.807, 2.05) is 0 Å². The number of benzene rings is 11. The summed E-state index contributed by atoms with van der Waals surface area (Å²) in [5.41, 5.74) is 19.8. The molecule has 2 aliphatic rings. The lowest BCUT2D eigenvalue weighted by molar-refractivity contribution is 0.487. The number of hydrogen-bond acceptors (Lipinski definition) is 1. The van der Waals surface area contributed by atoms with Crippen LogP contribution in [0.5, 0.6) is 11.5 Å². The van der Waals surface area contributed by atoms with Crippen LogP contribution in [0.4, 0.5) is 0 Å². The van der Waals surface area contributed by atoms with Crippen LogP contribution < -0.4 is 4.74 Å². The van der Waals surface area contributed by atoms with Crippen LogP contribution in [-0.2, 0) is 0 Å². The molecular weight excluding hydrogens is 737 g/mol. The summed E-state index contributed by atoms with van der Waals surface area (Å²) in [5.74, 6) is 1.79. The molecular formula is C60H36O. The minimum atomic E-state index is 0.894. The smallest absolute Gasteiger partial charge is 0.135 e. The van der Waals surface area contributed by atoms with Gasteiger partial charge in [-0.1, -0.05) is 194 Å². The lowest BCUT2D eigenvalue weighted by Crippen LogP contribution is -1.98. The Bertz CT molecular complexity index is 3580. The first kappa shape index (κ1) is 33.9. The molecule has 0 fully saturated rings. The molecule has 0 spiro atoms. The standard InChI is InChI=1S/C60H36O/c1-3-13-37(14-4-1)43-31-33-53-52(36-43)49-24-12-23-46-45(32-34-54(61-53)58(46)49)39-29-27-38(28-30-39)42-19-9-20-44(35-42)57-48-22-8-7-21-47(48)56(41-15-5-2-6-16-41)59-50-25-10-17-40-18-11-26-51(55(40)50)60(57)59/h1-36H. The van der Waals surface area contributed by atoms with Crippen LogP contribution >= 0.6 is 0 Å². The highest BCUT2D eigenvalue weighted by atomic mass is 16.5. The normalized spacial score (nSPS) is 12.1. The predicted octanol–water partition coefficient (Wildman–Crippen LogP) is 16.9. The Hall–Kier alpha value is -8.00. The minimum Gasteiger partial charge on any atom is -0.456 e. The highest BCUT2D eigenvalue weighted by molar-refractivity contribution is 6.27. The lowest BCUT2D eigenvalue weighted by atomic mass is 9.82. The summed E-state index contributed by atoms with van der Waals surface area (Å²) in [4.78, 5) is 0. The summed E-state index contributed by atoms with van der Waals surface area (Å²) in [7, 11) is 0. The summed E-state index contributed by atoms with van der Waals surface area (Å²) in [5, 5.41) is 7.50. The van der Waals surface area contributed by atoms with E-state index in [9.17, 15) is 0 Å². The molecule has 0 amide bonds. The van der Waals surface area contributed by atoms with Crippen molar-refractivity contribution in [3.8, 4) is 101 Å². The van der Waals surface area contributed by atoms with Crippen LogP contribution in [0.15, 0.2) is 218 Å². The van der Waals surface area contributed by atoms with Gasteiger partial charge in [0, 0.05) is 10.9 Å². The molecule has 0 N–H and O–H groups in total. The Morgan fingerprint density at radius 1 is 0.230 bits per heavy atom. The molecule has 1 aliphatic carbocycles. The van der Waals surface area contributed by atoms with Gasteiger partial charge in [0.2, 0.25) is 0 Å². The zero-order valence-corrected chi connectivity index (χ0v) is 33.2. The van der Waals surface area contributed by atoms with E-state index in [0.717, 1.165) is 22.4 Å². The van der Waals surface area contributed by atoms with Crippen molar-refractivity contribution in [3.05, 3.63) is 218 Å². The van der Waals surface area contributed by atoms with E-state index in [-0.39, 0.29) is 0 Å². The fourth-order valence-corrected chi connectivity index (χ4v) is 10.3. The van der Waals surface area contributed by atoms with Gasteiger partial charge in [-0.3, -0.25) is 0 Å². The van der Waals surface area contributed by atoms with Crippen molar-refractivity contribution in [2.45, 2.75) is 0 Å². The number of ether oxygens (including phenoxy) is 1. The van der Waals surface area contributed by atoms with E-state index in [1.54, 1.807) is 0 Å². The highest BCUT2D eigenvalue weighted by Crippen LogP contribution is 2.58. The van der Waals surface area contributed by atoms with Crippen LogP contribution in [0.3, 0.4) is 0 Å². The molecule has 0 aromatic heterocycles. The number of fused-ring (bicyclic) bond motifs is 6. The van der Waals surface area contributed by atoms with E-state index in [1.165, 1.54) is 110 Å². The van der Waals surface area contributed by atoms with Gasteiger partial charge in [-0.15, -0.1) is 0 Å². The SMILES string of the molecule is c1ccc(-c2ccc3c(c2)-c2cccc4c(-c5ccc(-c6cccc(-c7c8c(c(-c9ccccc9)c9ccccc79)-c7cccc9cccc-8c79)c6)cc5)ccc(c24)O3)cc1. The Kier molecular flexibility index (Phi) is 7.37. The quantitative estimate of drug-likeness (QED) is 0.169. The van der Waals surface area contributed by atoms with E-state index in [2.05, 4.69) is 218 Å². The Morgan fingerprint density at radius 3 is 1.48 bits per heavy atom. The van der Waals surface area contributed by atoms with Crippen molar-refractivity contribution in [1.29, 1.82) is 0 Å². The van der Waals surface area contributed by atoms with Crippen LogP contribution in [0, 0.1) is 0 Å². The van der Waals surface area contributed by atoms with Gasteiger partial charge in [0.1, 0.15) is 11.5 Å². The second-order valence-electron chi connectivity index (χ2n) is 16.3. The number of rotatable bonds is 5. The van der Waals surface area contributed by atoms with Crippen LogP contribution in [0.1, 0.15) is 0 Å². The van der Waals surface area contributed by atoms with Gasteiger partial charge in [-0.05, 0) is 135 Å². The zero-order valence-electron chi connectivity index (χ0n) is 33.2. The summed E-state index contributed by atoms with van der Waals surface area (Å²) in [6.45, 7) is 0. The van der Waals surface area contributed by atoms with Gasteiger partial charge in [0.15, 0.2) is 0 Å². The lowest BCUT2D eigenvalue weighted by Gasteiger charge is -2.23. The average Bonchev–Trinajstić information content (AvgIpc) is 3.66. The predicted molar refractivity (Wildman–Crippen MR) is 256 cm³/mol. The second-order valence-corrected chi connectivity index (χ2v) is 16.3. The van der Waals surface area contributed by atoms with Crippen LogP contribution in [0.2, 0.25) is 0 Å². The average molecular weight is 773 g/mol. The van der Waals surface area contributed by atoms with E-state index >= 15 is 0 Å². The van der Waals surface area contributed by atoms with Crippen molar-refractivity contribution in [2.75, 3.05) is 0 Å². The summed E-state index contributed by atoms with van der Waals surface area (Å²) in [6, 6.07) is 79.8. The fourth-order valence-electron chi connectivity index (χ4n) is 10.3. The van der Waals surface area contributed by atoms with Crippen molar-refractivity contribution in [3.63, 3.8) is 0 Å². The molecule has 282 valence electrons. The molecule has 61 heavy (non-hydrogen) atoms. The Labute approximate surface area is 354 Å². The Morgan fingerprint density at radius 2 is 0.738 bits per heavy atom. The van der Waals surface area contributed by atoms with E-state index < -0.39 is 0 Å². The molecule has 0 saturated carbocycles. The zero-order chi connectivity index (χ0) is 40.0. The molecule has 1 heteroatoms. The van der Waals surface area contributed by atoms with Gasteiger partial charge in [0.25, 0.3) is 0 Å². The first-order chi connectivity index (χ1) is 30.3. The molecule has 11 aromatic rings. The monoisotopic (exact) mass is 772 g/mol. The highest BCUT2D eigenvalue weighted by Gasteiger charge is 2.30. The summed E-state index contributed by atoms with van der Waals surface area (Å²) in [6.07, 6.45) is 0. The van der Waals surface area contributed by atoms with Gasteiger partial charge in [-0.25, -0.2) is 0 Å². The van der Waals surface area contributed by atoms with Crippen molar-refractivity contribution >= 4 is 32.3 Å². The molecule has 1 aliphatic heterocycles. The molecule has 0 unspecified atom stereocenters. The first-order valence-electron chi connectivity index (χ1n) is 21.1. The third-order valence-electron chi connectivity index (χ3n) is 13.0. The molecule has 0 radical (unpaired) electrons. The third kappa shape index (κ3) is 5.14. The van der Waals surface area contributed by atoms with Gasteiger partial charge in [-0.2, -0.15) is 0 Å².